The van der Waals surface area contributed by atoms with Crippen LogP contribution in [0.5, 0.6) is 0 Å². The first-order valence-electron chi connectivity index (χ1n) is 10.8. The molecular weight excluding hydrogens is 404 g/mol. The van der Waals surface area contributed by atoms with Gasteiger partial charge in [-0.1, -0.05) is 44.2 Å². The number of nitrogens with zero attached hydrogens (tertiary/aromatic N) is 5. The summed E-state index contributed by atoms with van der Waals surface area (Å²) in [6, 6.07) is 10.3. The number of hydrogen-bond acceptors (Lipinski definition) is 6. The van der Waals surface area contributed by atoms with Crippen molar-refractivity contribution in [3.8, 4) is 0 Å². The monoisotopic (exact) mass is 434 g/mol. The standard InChI is InChI=1S/C24H30N6S/c1-6-30(7-2)15-19-26-22(20-16(3)17(4)31-24(20)27-19)28-21(18-11-9-8-10-12-18)23-25-13-14-29(23)5/h8-14,21H,6-7,15H2,1-5H3,(H,26,27,28). The summed E-state index contributed by atoms with van der Waals surface area (Å²) in [6.45, 7) is 11.4. The van der Waals surface area contributed by atoms with Crippen molar-refractivity contribution >= 4 is 27.4 Å². The van der Waals surface area contributed by atoms with Crippen molar-refractivity contribution in [1.29, 1.82) is 0 Å². The molecule has 0 radical (unpaired) electrons. The molecule has 1 unspecified atom stereocenters. The Kier molecular flexibility index (Phi) is 6.34. The minimum Gasteiger partial charge on any atom is -0.356 e. The number of fused-ring (bicyclic) bond motifs is 1. The van der Waals surface area contributed by atoms with Gasteiger partial charge in [0.25, 0.3) is 0 Å². The lowest BCUT2D eigenvalue weighted by Gasteiger charge is -2.22. The van der Waals surface area contributed by atoms with Crippen molar-refractivity contribution in [2.24, 2.45) is 7.05 Å². The van der Waals surface area contributed by atoms with E-state index < -0.39 is 0 Å². The molecule has 0 bridgehead atoms. The van der Waals surface area contributed by atoms with E-state index in [1.165, 1.54) is 10.4 Å². The van der Waals surface area contributed by atoms with Gasteiger partial charge in [0.05, 0.1) is 11.9 Å². The summed E-state index contributed by atoms with van der Waals surface area (Å²) < 4.78 is 2.06. The maximum absolute atomic E-state index is 5.02. The van der Waals surface area contributed by atoms with Crippen molar-refractivity contribution in [3.63, 3.8) is 0 Å². The van der Waals surface area contributed by atoms with E-state index >= 15 is 0 Å². The normalized spacial score (nSPS) is 12.6. The summed E-state index contributed by atoms with van der Waals surface area (Å²) in [5.41, 5.74) is 2.39. The number of hydrogen-bond donors (Lipinski definition) is 1. The Bertz CT molecular complexity index is 1160. The number of aryl methyl sites for hydroxylation is 3. The van der Waals surface area contributed by atoms with Crippen LogP contribution in [0.4, 0.5) is 5.82 Å². The van der Waals surface area contributed by atoms with E-state index in [0.29, 0.717) is 0 Å². The molecule has 4 aromatic rings. The number of thiophene rings is 1. The first-order chi connectivity index (χ1) is 15.0. The quantitative estimate of drug-likeness (QED) is 0.419. The molecule has 162 valence electrons. The first-order valence-corrected chi connectivity index (χ1v) is 11.6. The Hall–Kier alpha value is -2.77. The summed E-state index contributed by atoms with van der Waals surface area (Å²) in [6.07, 6.45) is 3.82. The number of imidazole rings is 1. The Morgan fingerprint density at radius 2 is 1.84 bits per heavy atom. The fourth-order valence-electron chi connectivity index (χ4n) is 3.85. The van der Waals surface area contributed by atoms with Gasteiger partial charge in [0.1, 0.15) is 28.3 Å². The van der Waals surface area contributed by atoms with Gasteiger partial charge in [-0.3, -0.25) is 4.90 Å². The molecule has 3 aromatic heterocycles. The summed E-state index contributed by atoms with van der Waals surface area (Å²) in [5, 5.41) is 4.85. The van der Waals surface area contributed by atoms with E-state index in [1.807, 2.05) is 25.5 Å². The molecule has 1 N–H and O–H groups in total. The van der Waals surface area contributed by atoms with E-state index in [0.717, 1.165) is 52.9 Å². The molecule has 6 nitrogen and oxygen atoms in total. The minimum atomic E-state index is -0.111. The van der Waals surface area contributed by atoms with Crippen LogP contribution < -0.4 is 5.32 Å². The smallest absolute Gasteiger partial charge is 0.146 e. The molecule has 0 saturated carbocycles. The van der Waals surface area contributed by atoms with Crippen molar-refractivity contribution < 1.29 is 0 Å². The van der Waals surface area contributed by atoms with Crippen LogP contribution in [0.15, 0.2) is 42.7 Å². The van der Waals surface area contributed by atoms with Crippen molar-refractivity contribution in [2.45, 2.75) is 40.3 Å². The highest BCUT2D eigenvalue weighted by Crippen LogP contribution is 2.36. The van der Waals surface area contributed by atoms with E-state index in [9.17, 15) is 0 Å². The molecule has 3 heterocycles. The highest BCUT2D eigenvalue weighted by atomic mass is 32.1. The maximum atomic E-state index is 5.02. The van der Waals surface area contributed by atoms with Crippen molar-refractivity contribution in [3.05, 3.63) is 70.4 Å². The number of benzene rings is 1. The zero-order chi connectivity index (χ0) is 22.0. The Morgan fingerprint density at radius 3 is 2.48 bits per heavy atom. The lowest BCUT2D eigenvalue weighted by Crippen LogP contribution is -2.24. The van der Waals surface area contributed by atoms with Gasteiger partial charge >= 0.3 is 0 Å². The second-order valence-electron chi connectivity index (χ2n) is 7.80. The summed E-state index contributed by atoms with van der Waals surface area (Å²) in [4.78, 5) is 19.2. The number of aromatic nitrogens is 4. The first kappa shape index (κ1) is 21.5. The van der Waals surface area contributed by atoms with Crippen LogP contribution in [0.2, 0.25) is 0 Å². The van der Waals surface area contributed by atoms with Crippen LogP contribution in [0.25, 0.3) is 10.2 Å². The zero-order valence-electron chi connectivity index (χ0n) is 18.9. The van der Waals surface area contributed by atoms with Gasteiger partial charge < -0.3 is 9.88 Å². The van der Waals surface area contributed by atoms with Crippen LogP contribution in [-0.2, 0) is 13.6 Å². The molecule has 0 aliphatic rings. The fourth-order valence-corrected chi connectivity index (χ4v) is 4.90. The fraction of sp³-hybridized carbons (Fsp3) is 0.375. The van der Waals surface area contributed by atoms with Gasteiger partial charge in [-0.05, 0) is 38.1 Å². The Balaban J connectivity index is 1.83. The van der Waals surface area contributed by atoms with Gasteiger partial charge in [-0.25, -0.2) is 15.0 Å². The Labute approximate surface area is 188 Å². The SMILES string of the molecule is CCN(CC)Cc1nc(NC(c2ccccc2)c2nccn2C)c2c(C)c(C)sc2n1. The van der Waals surface area contributed by atoms with Crippen molar-refractivity contribution in [1.82, 2.24) is 24.4 Å². The molecule has 0 amide bonds. The van der Waals surface area contributed by atoms with Crippen LogP contribution in [0, 0.1) is 13.8 Å². The summed E-state index contributed by atoms with van der Waals surface area (Å²) >= 11 is 1.74. The average Bonchev–Trinajstić information content (AvgIpc) is 3.33. The molecular formula is C24H30N6S. The molecule has 1 atom stereocenters. The summed E-state index contributed by atoms with van der Waals surface area (Å²) in [5.74, 6) is 2.69. The van der Waals surface area contributed by atoms with Crippen LogP contribution in [-0.4, -0.2) is 37.5 Å². The van der Waals surface area contributed by atoms with E-state index in [1.54, 1.807) is 11.3 Å². The number of rotatable bonds is 8. The predicted molar refractivity (Wildman–Crippen MR) is 129 cm³/mol. The second kappa shape index (κ2) is 9.16. The minimum absolute atomic E-state index is 0.111. The highest BCUT2D eigenvalue weighted by Gasteiger charge is 2.22. The third-order valence-electron chi connectivity index (χ3n) is 5.87. The molecule has 7 heteroatoms. The van der Waals surface area contributed by atoms with Gasteiger partial charge in [0.2, 0.25) is 0 Å². The molecule has 0 aliphatic carbocycles. The topological polar surface area (TPSA) is 58.9 Å². The number of anilines is 1. The van der Waals surface area contributed by atoms with Crippen LogP contribution >= 0.6 is 11.3 Å². The highest BCUT2D eigenvalue weighted by molar-refractivity contribution is 7.18. The Morgan fingerprint density at radius 1 is 1.10 bits per heavy atom. The summed E-state index contributed by atoms with van der Waals surface area (Å²) in [7, 11) is 2.03. The van der Waals surface area contributed by atoms with Gasteiger partial charge in [-0.15, -0.1) is 11.3 Å². The van der Waals surface area contributed by atoms with Crippen molar-refractivity contribution in [2.75, 3.05) is 18.4 Å². The van der Waals surface area contributed by atoms with Gasteiger partial charge in [0, 0.05) is 24.3 Å². The average molecular weight is 435 g/mol. The number of nitrogens with one attached hydrogen (secondary N) is 1. The largest absolute Gasteiger partial charge is 0.356 e. The van der Waals surface area contributed by atoms with Crippen LogP contribution in [0.3, 0.4) is 0 Å². The molecule has 31 heavy (non-hydrogen) atoms. The van der Waals surface area contributed by atoms with Gasteiger partial charge in [0.15, 0.2) is 0 Å². The maximum Gasteiger partial charge on any atom is 0.146 e. The molecule has 0 spiro atoms. The van der Waals surface area contributed by atoms with Gasteiger partial charge in [-0.2, -0.15) is 0 Å². The molecule has 4 rings (SSSR count). The molecule has 0 saturated heterocycles. The molecule has 0 aliphatic heterocycles. The third-order valence-corrected chi connectivity index (χ3v) is 6.97. The predicted octanol–water partition coefficient (Wildman–Crippen LogP) is 5.08. The van der Waals surface area contributed by atoms with E-state index in [-0.39, 0.29) is 6.04 Å². The lowest BCUT2D eigenvalue weighted by molar-refractivity contribution is 0.289. The third kappa shape index (κ3) is 4.34. The lowest BCUT2D eigenvalue weighted by atomic mass is 10.1. The molecule has 0 fully saturated rings. The molecule has 1 aromatic carbocycles. The second-order valence-corrected chi connectivity index (χ2v) is 9.00. The van der Waals surface area contributed by atoms with E-state index in [4.69, 9.17) is 9.97 Å². The zero-order valence-corrected chi connectivity index (χ0v) is 19.7. The van der Waals surface area contributed by atoms with Crippen LogP contribution in [0.1, 0.15) is 47.5 Å². The van der Waals surface area contributed by atoms with E-state index in [2.05, 4.69) is 71.7 Å².